The summed E-state index contributed by atoms with van der Waals surface area (Å²) < 4.78 is 11.1. The number of carbonyl (C=O) groups is 1. The Labute approximate surface area is 145 Å². The smallest absolute Gasteiger partial charge is 0.243 e. The van der Waals surface area contributed by atoms with Crippen LogP contribution in [0, 0.1) is 5.92 Å². The van der Waals surface area contributed by atoms with Gasteiger partial charge in [0.2, 0.25) is 5.91 Å². The van der Waals surface area contributed by atoms with Gasteiger partial charge in [-0.15, -0.1) is 0 Å². The van der Waals surface area contributed by atoms with Crippen LogP contribution in [0.4, 0.5) is 0 Å². The van der Waals surface area contributed by atoms with E-state index in [-0.39, 0.29) is 5.91 Å². The molecular weight excluding hydrogens is 304 g/mol. The Kier molecular flexibility index (Phi) is 8.94. The number of hydrogen-bond acceptors (Lipinski definition) is 4. The van der Waals surface area contributed by atoms with Crippen LogP contribution < -0.4 is 14.8 Å². The Morgan fingerprint density at radius 1 is 1.29 bits per heavy atom. The van der Waals surface area contributed by atoms with Crippen molar-refractivity contribution in [2.45, 2.75) is 20.3 Å². The van der Waals surface area contributed by atoms with Gasteiger partial charge in [0.05, 0.1) is 13.7 Å². The first kappa shape index (κ1) is 20.0. The molecule has 0 saturated carbocycles. The molecular formula is C19H30N2O3. The second kappa shape index (κ2) is 10.7. The maximum absolute atomic E-state index is 11.8. The zero-order valence-corrected chi connectivity index (χ0v) is 15.5. The minimum atomic E-state index is -0.0899. The van der Waals surface area contributed by atoms with E-state index in [1.165, 1.54) is 0 Å². The predicted octanol–water partition coefficient (Wildman–Crippen LogP) is 2.81. The molecule has 0 aromatic heterocycles. The van der Waals surface area contributed by atoms with Crippen LogP contribution in [0.15, 0.2) is 24.3 Å². The average Bonchev–Trinajstić information content (AvgIpc) is 2.55. The van der Waals surface area contributed by atoms with Crippen LogP contribution in [-0.2, 0) is 4.79 Å². The second-order valence-electron chi connectivity index (χ2n) is 6.40. The molecule has 1 aromatic carbocycles. The number of hydrogen-bond donors (Lipinski definition) is 1. The van der Waals surface area contributed by atoms with E-state index in [9.17, 15) is 4.79 Å². The largest absolute Gasteiger partial charge is 0.493 e. The third-order valence-corrected chi connectivity index (χ3v) is 3.27. The molecule has 0 radical (unpaired) electrons. The van der Waals surface area contributed by atoms with Gasteiger partial charge >= 0.3 is 0 Å². The maximum atomic E-state index is 11.8. The first-order valence-corrected chi connectivity index (χ1v) is 8.34. The van der Waals surface area contributed by atoms with Gasteiger partial charge in [-0.2, -0.15) is 0 Å². The zero-order valence-electron chi connectivity index (χ0n) is 15.5. The predicted molar refractivity (Wildman–Crippen MR) is 98.5 cm³/mol. The summed E-state index contributed by atoms with van der Waals surface area (Å²) in [5.74, 6) is 1.75. The minimum absolute atomic E-state index is 0.0899. The van der Waals surface area contributed by atoms with Crippen molar-refractivity contribution in [1.82, 2.24) is 10.2 Å². The Hall–Kier alpha value is -2.01. The van der Waals surface area contributed by atoms with Crippen molar-refractivity contribution in [1.29, 1.82) is 0 Å². The highest BCUT2D eigenvalue weighted by Crippen LogP contribution is 2.28. The summed E-state index contributed by atoms with van der Waals surface area (Å²) in [6.07, 6.45) is 4.25. The molecule has 1 amide bonds. The summed E-state index contributed by atoms with van der Waals surface area (Å²) in [4.78, 5) is 13.9. The fraction of sp³-hybridized carbons (Fsp3) is 0.526. The summed E-state index contributed by atoms with van der Waals surface area (Å²) in [7, 11) is 5.65. The summed E-state index contributed by atoms with van der Waals surface area (Å²) in [6, 6.07) is 5.65. The molecule has 5 nitrogen and oxygen atoms in total. The summed E-state index contributed by atoms with van der Waals surface area (Å²) in [5, 5.41) is 2.87. The van der Waals surface area contributed by atoms with Gasteiger partial charge in [-0.1, -0.05) is 19.9 Å². The Balaban J connectivity index is 2.56. The van der Waals surface area contributed by atoms with Crippen molar-refractivity contribution in [2.24, 2.45) is 5.92 Å². The van der Waals surface area contributed by atoms with Crippen LogP contribution in [0.5, 0.6) is 11.5 Å². The molecule has 0 aliphatic carbocycles. The van der Waals surface area contributed by atoms with Crippen molar-refractivity contribution in [3.63, 3.8) is 0 Å². The molecule has 0 unspecified atom stereocenters. The lowest BCUT2D eigenvalue weighted by molar-refractivity contribution is -0.116. The van der Waals surface area contributed by atoms with E-state index in [4.69, 9.17) is 9.47 Å². The molecule has 0 spiro atoms. The number of ether oxygens (including phenoxy) is 2. The van der Waals surface area contributed by atoms with Crippen LogP contribution in [0.1, 0.15) is 25.8 Å². The highest BCUT2D eigenvalue weighted by atomic mass is 16.5. The number of rotatable bonds is 10. The van der Waals surface area contributed by atoms with Crippen LogP contribution >= 0.6 is 0 Å². The van der Waals surface area contributed by atoms with Crippen molar-refractivity contribution in [3.8, 4) is 11.5 Å². The molecule has 0 fully saturated rings. The number of carbonyl (C=O) groups excluding carboxylic acids is 1. The van der Waals surface area contributed by atoms with E-state index in [1.54, 1.807) is 19.3 Å². The Bertz CT molecular complexity index is 539. The Morgan fingerprint density at radius 3 is 2.67 bits per heavy atom. The molecule has 1 N–H and O–H groups in total. The fourth-order valence-corrected chi connectivity index (χ4v) is 2.00. The summed E-state index contributed by atoms with van der Waals surface area (Å²) >= 11 is 0. The number of amides is 1. The van der Waals surface area contributed by atoms with E-state index < -0.39 is 0 Å². The summed E-state index contributed by atoms with van der Waals surface area (Å²) in [6.45, 7) is 6.47. The van der Waals surface area contributed by atoms with Crippen molar-refractivity contribution < 1.29 is 14.3 Å². The minimum Gasteiger partial charge on any atom is -0.493 e. The standard InChI is InChI=1S/C19H30N2O3/c1-15(2)14-24-17-9-7-16(13-18(17)23-5)8-10-19(22)20-11-6-12-21(3)4/h7-10,13,15H,6,11-12,14H2,1-5H3,(H,20,22)/b10-8+. The van der Waals surface area contributed by atoms with Crippen LogP contribution in [0.25, 0.3) is 6.08 Å². The van der Waals surface area contributed by atoms with E-state index in [0.29, 0.717) is 24.8 Å². The highest BCUT2D eigenvalue weighted by Gasteiger charge is 2.06. The van der Waals surface area contributed by atoms with Crippen molar-refractivity contribution in [3.05, 3.63) is 29.8 Å². The summed E-state index contributed by atoms with van der Waals surface area (Å²) in [5.41, 5.74) is 0.896. The van der Waals surface area contributed by atoms with Crippen LogP contribution in [0.2, 0.25) is 0 Å². The molecule has 1 rings (SSSR count). The van der Waals surface area contributed by atoms with Gasteiger partial charge in [-0.05, 0) is 56.8 Å². The van der Waals surface area contributed by atoms with Gasteiger partial charge in [-0.3, -0.25) is 4.79 Å². The SMILES string of the molecule is COc1cc(/C=C/C(=O)NCCCN(C)C)ccc1OCC(C)C. The number of nitrogens with zero attached hydrogens (tertiary/aromatic N) is 1. The molecule has 0 aliphatic heterocycles. The van der Waals surface area contributed by atoms with Gasteiger partial charge < -0.3 is 19.7 Å². The van der Waals surface area contributed by atoms with Gasteiger partial charge in [0, 0.05) is 12.6 Å². The first-order valence-electron chi connectivity index (χ1n) is 8.34. The molecule has 1 aromatic rings. The third-order valence-electron chi connectivity index (χ3n) is 3.27. The first-order chi connectivity index (χ1) is 11.4. The molecule has 0 atom stereocenters. The van der Waals surface area contributed by atoms with Crippen LogP contribution in [-0.4, -0.2) is 51.7 Å². The van der Waals surface area contributed by atoms with Crippen LogP contribution in [0.3, 0.4) is 0 Å². The number of nitrogens with one attached hydrogen (secondary N) is 1. The normalized spacial score (nSPS) is 11.3. The Morgan fingerprint density at radius 2 is 2.04 bits per heavy atom. The number of benzene rings is 1. The van der Waals surface area contributed by atoms with Crippen molar-refractivity contribution in [2.75, 3.05) is 40.9 Å². The topological polar surface area (TPSA) is 50.8 Å². The second-order valence-corrected chi connectivity index (χ2v) is 6.40. The van der Waals surface area contributed by atoms with Gasteiger partial charge in [0.15, 0.2) is 11.5 Å². The van der Waals surface area contributed by atoms with Crippen molar-refractivity contribution >= 4 is 12.0 Å². The molecule has 134 valence electrons. The molecule has 24 heavy (non-hydrogen) atoms. The quantitative estimate of drug-likeness (QED) is 0.528. The third kappa shape index (κ3) is 8.02. The lowest BCUT2D eigenvalue weighted by atomic mass is 10.2. The van der Waals surface area contributed by atoms with Gasteiger partial charge in [0.1, 0.15) is 0 Å². The molecule has 0 aliphatic rings. The lowest BCUT2D eigenvalue weighted by Gasteiger charge is -2.12. The van der Waals surface area contributed by atoms with E-state index in [1.807, 2.05) is 32.3 Å². The van der Waals surface area contributed by atoms with E-state index in [0.717, 1.165) is 24.3 Å². The fourth-order valence-electron chi connectivity index (χ4n) is 2.00. The number of methoxy groups -OCH3 is 1. The molecule has 0 saturated heterocycles. The molecule has 0 bridgehead atoms. The molecule has 0 heterocycles. The zero-order chi connectivity index (χ0) is 17.9. The lowest BCUT2D eigenvalue weighted by Crippen LogP contribution is -2.25. The molecule has 5 heteroatoms. The maximum Gasteiger partial charge on any atom is 0.243 e. The monoisotopic (exact) mass is 334 g/mol. The average molecular weight is 334 g/mol. The van der Waals surface area contributed by atoms with E-state index >= 15 is 0 Å². The van der Waals surface area contributed by atoms with Gasteiger partial charge in [0.25, 0.3) is 0 Å². The highest BCUT2D eigenvalue weighted by molar-refractivity contribution is 5.91. The van der Waals surface area contributed by atoms with E-state index in [2.05, 4.69) is 24.1 Å². The van der Waals surface area contributed by atoms with Gasteiger partial charge in [-0.25, -0.2) is 0 Å².